The third-order valence-corrected chi connectivity index (χ3v) is 6.28. The zero-order valence-corrected chi connectivity index (χ0v) is 13.9. The maximum atomic E-state index is 4.43. The topological polar surface area (TPSA) is 25.8 Å². The van der Waals surface area contributed by atoms with Gasteiger partial charge in [-0.15, -0.1) is 0 Å². The van der Waals surface area contributed by atoms with E-state index in [2.05, 4.69) is 47.7 Å². The van der Waals surface area contributed by atoms with Crippen LogP contribution in [-0.2, 0) is 5.41 Å². The zero-order valence-electron chi connectivity index (χ0n) is 13.9. The molecule has 3 saturated carbocycles. The normalized spacial score (nSPS) is 29.4. The summed E-state index contributed by atoms with van der Waals surface area (Å²) >= 11 is 0. The van der Waals surface area contributed by atoms with Crippen molar-refractivity contribution in [3.05, 3.63) is 54.4 Å². The van der Waals surface area contributed by atoms with Gasteiger partial charge in [0.05, 0.1) is 0 Å². The Morgan fingerprint density at radius 1 is 0.913 bits per heavy atom. The van der Waals surface area contributed by atoms with E-state index in [1.54, 1.807) is 6.08 Å². The first-order valence-corrected chi connectivity index (χ1v) is 8.68. The molecule has 0 atom stereocenters. The fourth-order valence-electron chi connectivity index (χ4n) is 4.37. The lowest BCUT2D eigenvalue weighted by Gasteiger charge is -2.52. The smallest absolute Gasteiger partial charge is 0.159 e. The average molecular weight is 304 g/mol. The van der Waals surface area contributed by atoms with Gasteiger partial charge in [0, 0.05) is 23.5 Å². The van der Waals surface area contributed by atoms with Gasteiger partial charge in [0.15, 0.2) is 5.82 Å². The van der Waals surface area contributed by atoms with E-state index < -0.39 is 0 Å². The molecule has 3 fully saturated rings. The number of benzene rings is 1. The van der Waals surface area contributed by atoms with Gasteiger partial charge < -0.3 is 0 Å². The summed E-state index contributed by atoms with van der Waals surface area (Å²) in [5.41, 5.74) is 4.63. The van der Waals surface area contributed by atoms with Crippen molar-refractivity contribution in [1.82, 2.24) is 9.97 Å². The monoisotopic (exact) mass is 304 g/mol. The molecule has 0 saturated heterocycles. The Balaban J connectivity index is 1.59. The Kier molecular flexibility index (Phi) is 3.37. The van der Waals surface area contributed by atoms with E-state index in [9.17, 15) is 0 Å². The Morgan fingerprint density at radius 2 is 1.48 bits per heavy atom. The van der Waals surface area contributed by atoms with Gasteiger partial charge in [-0.3, -0.25) is 0 Å². The van der Waals surface area contributed by atoms with Crippen molar-refractivity contribution in [3.8, 4) is 11.4 Å². The van der Waals surface area contributed by atoms with Crippen LogP contribution in [0.3, 0.4) is 0 Å². The zero-order chi connectivity index (χ0) is 15.9. The predicted octanol–water partition coefficient (Wildman–Crippen LogP) is 5.40. The molecule has 1 aromatic heterocycles. The molecule has 1 aromatic carbocycles. The summed E-state index contributed by atoms with van der Waals surface area (Å²) in [6.07, 6.45) is 13.7. The molecule has 2 bridgehead atoms. The third-order valence-electron chi connectivity index (χ3n) is 6.28. The molecule has 0 N–H and O–H groups in total. The summed E-state index contributed by atoms with van der Waals surface area (Å²) in [5, 5.41) is 0. The second-order valence-electron chi connectivity index (χ2n) is 7.71. The van der Waals surface area contributed by atoms with Crippen LogP contribution < -0.4 is 0 Å². The van der Waals surface area contributed by atoms with Crippen LogP contribution in [0.15, 0.2) is 43.2 Å². The van der Waals surface area contributed by atoms with Crippen molar-refractivity contribution in [2.45, 2.75) is 50.9 Å². The molecule has 2 heteroatoms. The van der Waals surface area contributed by atoms with E-state index in [1.165, 1.54) is 44.1 Å². The Bertz CT molecular complexity index is 688. The summed E-state index contributed by atoms with van der Waals surface area (Å²) in [5.74, 6) is 0.791. The second kappa shape index (κ2) is 5.30. The van der Waals surface area contributed by atoms with Crippen molar-refractivity contribution in [2.75, 3.05) is 0 Å². The molecule has 23 heavy (non-hydrogen) atoms. The summed E-state index contributed by atoms with van der Waals surface area (Å²) in [7, 11) is 0. The van der Waals surface area contributed by atoms with Gasteiger partial charge >= 0.3 is 0 Å². The van der Waals surface area contributed by atoms with Crippen LogP contribution in [0.5, 0.6) is 0 Å². The van der Waals surface area contributed by atoms with Gasteiger partial charge in [-0.2, -0.15) is 0 Å². The van der Waals surface area contributed by atoms with Crippen molar-refractivity contribution in [3.63, 3.8) is 0 Å². The highest BCUT2D eigenvalue weighted by atomic mass is 14.9. The summed E-state index contributed by atoms with van der Waals surface area (Å²) in [6.45, 7) is 6.22. The summed E-state index contributed by atoms with van der Waals surface area (Å²) in [4.78, 5) is 8.87. The minimum absolute atomic E-state index is 0.434. The van der Waals surface area contributed by atoms with E-state index in [0.29, 0.717) is 10.8 Å². The van der Waals surface area contributed by atoms with Crippen LogP contribution in [0.2, 0.25) is 0 Å². The fraction of sp³-hybridized carbons (Fsp3) is 0.429. The molecule has 0 spiro atoms. The minimum Gasteiger partial charge on any atom is -0.236 e. The number of fused-ring (bicyclic) bond motifs is 3. The molecule has 2 nitrogen and oxygen atoms in total. The van der Waals surface area contributed by atoms with Crippen molar-refractivity contribution >= 4 is 6.08 Å². The van der Waals surface area contributed by atoms with Gasteiger partial charge in [-0.1, -0.05) is 43.8 Å². The standard InChI is InChI=1S/C21H24N2/c1-3-16-14-22-19(23-15-16)17-4-6-18(7-5-17)21-11-8-20(2,9-12-21)10-13-21/h3-7,14-15H,1,8-13H2,2H3. The minimum atomic E-state index is 0.434. The number of rotatable bonds is 3. The van der Waals surface area contributed by atoms with Gasteiger partial charge in [0.2, 0.25) is 0 Å². The molecule has 0 amide bonds. The van der Waals surface area contributed by atoms with E-state index in [0.717, 1.165) is 17.0 Å². The van der Waals surface area contributed by atoms with Crippen molar-refractivity contribution in [1.29, 1.82) is 0 Å². The average Bonchev–Trinajstić information content (AvgIpc) is 2.63. The van der Waals surface area contributed by atoms with E-state index in [1.807, 2.05) is 12.4 Å². The van der Waals surface area contributed by atoms with Gasteiger partial charge in [0.25, 0.3) is 0 Å². The molecule has 0 unspecified atom stereocenters. The van der Waals surface area contributed by atoms with Gasteiger partial charge in [0.1, 0.15) is 0 Å². The molecule has 3 aliphatic rings. The van der Waals surface area contributed by atoms with E-state index in [-0.39, 0.29) is 0 Å². The highest BCUT2D eigenvalue weighted by Gasteiger charge is 2.46. The summed E-state index contributed by atoms with van der Waals surface area (Å²) < 4.78 is 0. The van der Waals surface area contributed by atoms with Crippen LogP contribution in [0.1, 0.15) is 56.6 Å². The highest BCUT2D eigenvalue weighted by Crippen LogP contribution is 2.57. The van der Waals surface area contributed by atoms with Crippen LogP contribution in [0.4, 0.5) is 0 Å². The maximum absolute atomic E-state index is 4.43. The molecule has 0 aliphatic heterocycles. The quantitative estimate of drug-likeness (QED) is 0.759. The molecule has 1 heterocycles. The Labute approximate surface area is 138 Å². The lowest BCUT2D eigenvalue weighted by atomic mass is 9.52. The number of hydrogen-bond acceptors (Lipinski definition) is 2. The number of nitrogens with zero attached hydrogens (tertiary/aromatic N) is 2. The Hall–Kier alpha value is -1.96. The van der Waals surface area contributed by atoms with Gasteiger partial charge in [-0.05, 0) is 54.9 Å². The van der Waals surface area contributed by atoms with Crippen LogP contribution in [0, 0.1) is 5.41 Å². The first-order chi connectivity index (χ1) is 11.1. The van der Waals surface area contributed by atoms with Crippen molar-refractivity contribution < 1.29 is 0 Å². The summed E-state index contributed by atoms with van der Waals surface area (Å²) in [6, 6.07) is 9.01. The number of hydrogen-bond donors (Lipinski definition) is 0. The van der Waals surface area contributed by atoms with E-state index in [4.69, 9.17) is 0 Å². The van der Waals surface area contributed by atoms with Crippen molar-refractivity contribution in [2.24, 2.45) is 5.41 Å². The lowest BCUT2D eigenvalue weighted by Crippen LogP contribution is -2.42. The maximum Gasteiger partial charge on any atom is 0.159 e. The molecule has 5 rings (SSSR count). The predicted molar refractivity (Wildman–Crippen MR) is 95.0 cm³/mol. The molecule has 3 aliphatic carbocycles. The second-order valence-corrected chi connectivity index (χ2v) is 7.71. The van der Waals surface area contributed by atoms with E-state index >= 15 is 0 Å². The first kappa shape index (κ1) is 14.6. The molecular weight excluding hydrogens is 280 g/mol. The SMILES string of the molecule is C=Cc1cnc(-c2ccc(C34CCC(C)(CC3)CC4)cc2)nc1. The number of aromatic nitrogens is 2. The van der Waals surface area contributed by atoms with Gasteiger partial charge in [-0.25, -0.2) is 9.97 Å². The molecule has 0 radical (unpaired) electrons. The molecule has 118 valence electrons. The Morgan fingerprint density at radius 3 is 2.00 bits per heavy atom. The van der Waals surface area contributed by atoms with Crippen LogP contribution in [0.25, 0.3) is 17.5 Å². The largest absolute Gasteiger partial charge is 0.236 e. The molecular formula is C21H24N2. The first-order valence-electron chi connectivity index (χ1n) is 8.68. The van der Waals surface area contributed by atoms with Crippen LogP contribution >= 0.6 is 0 Å². The van der Waals surface area contributed by atoms with Crippen LogP contribution in [-0.4, -0.2) is 9.97 Å². The fourth-order valence-corrected chi connectivity index (χ4v) is 4.37. The highest BCUT2D eigenvalue weighted by molar-refractivity contribution is 5.57. The molecule has 2 aromatic rings. The lowest BCUT2D eigenvalue weighted by molar-refractivity contribution is 0.0556. The third kappa shape index (κ3) is 2.50.